The molecule has 0 amide bonds. The molecule has 0 N–H and O–H groups in total. The molecular weight excluding hydrogens is 1820 g/mol. The summed E-state index contributed by atoms with van der Waals surface area (Å²) in [6.07, 6.45) is 0. The van der Waals surface area contributed by atoms with Gasteiger partial charge in [0.25, 0.3) is 0 Å². The summed E-state index contributed by atoms with van der Waals surface area (Å²) in [5.74, 6) is 2.47. The van der Waals surface area contributed by atoms with E-state index in [1.54, 1.807) is 11.3 Å². The van der Waals surface area contributed by atoms with Gasteiger partial charge in [0.2, 0.25) is 5.71 Å². The number of benzene rings is 21. The second-order valence-electron chi connectivity index (χ2n) is 38.2. The van der Waals surface area contributed by atoms with Gasteiger partial charge < -0.3 is 4.42 Å². The van der Waals surface area contributed by atoms with E-state index in [0.29, 0.717) is 5.71 Å². The van der Waals surface area contributed by atoms with Crippen LogP contribution in [0.2, 0.25) is 0 Å². The molecule has 0 bridgehead atoms. The van der Waals surface area contributed by atoms with Crippen molar-refractivity contribution in [3.05, 3.63) is 430 Å². The fourth-order valence-corrected chi connectivity index (χ4v) is 27.4. The molecule has 0 atom stereocenters. The molecule has 666 valence electrons. The summed E-state index contributed by atoms with van der Waals surface area (Å²) in [4.78, 5) is 34.3. The van der Waals surface area contributed by atoms with Crippen LogP contribution < -0.4 is 0 Å². The van der Waals surface area contributed by atoms with Gasteiger partial charge in [0, 0.05) is 152 Å². The van der Waals surface area contributed by atoms with Gasteiger partial charge in [-0.25, -0.2) is 24.9 Å². The SMILES string of the molecule is CC1(C)c2ccccc2-c2nc(-c3ccc4sc5ccccc5c4c3)c(-n3c4cc5ccccc5cc4c4ccc5ccccc5c43)nc21.c1ccc2cc3c(cc2c1)c1ccc2ccccc2c1n3-c1nc2oc3ccccc3c2nc1-c1ccc2sc3ccccc3c2c1.c1ccc2cc3c(cc2c1)c1ccc2ccccc2c1n3-c1nc2sc3ccccc3c2nc1-c1ccc2sc3ccccc3c2c1. The van der Waals surface area contributed by atoms with Crippen LogP contribution in [0.1, 0.15) is 25.1 Å². The highest BCUT2D eigenvalue weighted by molar-refractivity contribution is 7.27. The Balaban J connectivity index is 0.0000000981. The van der Waals surface area contributed by atoms with Crippen molar-refractivity contribution in [1.82, 2.24) is 43.6 Å². The monoisotopic (exact) mass is 1890 g/mol. The average Bonchev–Trinajstić information content (AvgIpc) is 1.55. The quantitative estimate of drug-likeness (QED) is 0.163. The molecule has 1 aliphatic carbocycles. The lowest BCUT2D eigenvalue weighted by molar-refractivity contribution is 0.633. The summed E-state index contributed by atoms with van der Waals surface area (Å²) in [5.41, 5.74) is 19.7. The lowest BCUT2D eigenvalue weighted by Gasteiger charge is -2.22. The van der Waals surface area contributed by atoms with Crippen molar-refractivity contribution in [2.75, 3.05) is 0 Å². The minimum Gasteiger partial charge on any atom is -0.436 e. The molecule has 21 aromatic carbocycles. The zero-order valence-electron chi connectivity index (χ0n) is 76.9. The Labute approximate surface area is 831 Å². The number of rotatable bonds is 6. The highest BCUT2D eigenvalue weighted by atomic mass is 32.1. The third kappa shape index (κ3) is 12.1. The number of thiophene rings is 4. The molecule has 0 spiro atoms. The number of para-hydroxylation sites is 1. The molecule has 0 saturated carbocycles. The number of hydrogen-bond acceptors (Lipinski definition) is 11. The number of fused-ring (bicyclic) bond motifs is 36. The summed E-state index contributed by atoms with van der Waals surface area (Å²) in [6.45, 7) is 4.57. The molecule has 0 radical (unpaired) electrons. The van der Waals surface area contributed by atoms with Crippen LogP contribution in [0, 0.1) is 0 Å². The van der Waals surface area contributed by atoms with E-state index in [2.05, 4.69) is 428 Å². The molecule has 10 nitrogen and oxygen atoms in total. The first-order valence-corrected chi connectivity index (χ1v) is 51.6. The first kappa shape index (κ1) is 80.4. The average molecular weight is 1900 g/mol. The number of hydrogen-bond donors (Lipinski definition) is 0. The van der Waals surface area contributed by atoms with Gasteiger partial charge in [-0.15, -0.1) is 45.3 Å². The van der Waals surface area contributed by atoms with Gasteiger partial charge in [0.15, 0.2) is 17.5 Å². The molecule has 143 heavy (non-hydrogen) atoms. The Kier molecular flexibility index (Phi) is 17.3. The summed E-state index contributed by atoms with van der Waals surface area (Å²) in [5, 5.41) is 31.3. The second kappa shape index (κ2) is 30.8. The highest BCUT2D eigenvalue weighted by Crippen LogP contribution is 2.53. The number of nitrogens with zero attached hydrogens (tertiary/aromatic N) is 9. The Bertz CT molecular complexity index is 10800. The van der Waals surface area contributed by atoms with Gasteiger partial charge in [-0.05, 0) is 163 Å². The van der Waals surface area contributed by atoms with E-state index < -0.39 is 0 Å². The van der Waals surface area contributed by atoms with E-state index in [-0.39, 0.29) is 5.41 Å². The van der Waals surface area contributed by atoms with E-state index in [1.165, 1.54) is 173 Å². The normalized spacial score (nSPS) is 12.7. The smallest absolute Gasteiger partial charge is 0.248 e. The molecule has 1 aliphatic rings. The van der Waals surface area contributed by atoms with E-state index in [1.807, 2.05) is 52.2 Å². The maximum atomic E-state index is 6.39. The van der Waals surface area contributed by atoms with Crippen molar-refractivity contribution < 1.29 is 4.42 Å². The molecule has 32 aromatic rings. The summed E-state index contributed by atoms with van der Waals surface area (Å²) in [6, 6.07) is 151. The maximum Gasteiger partial charge on any atom is 0.248 e. The Morgan fingerprint density at radius 1 is 0.224 bits per heavy atom. The maximum absolute atomic E-state index is 6.39. The van der Waals surface area contributed by atoms with E-state index in [9.17, 15) is 0 Å². The van der Waals surface area contributed by atoms with Gasteiger partial charge in [0.05, 0.1) is 44.5 Å². The third-order valence-corrected chi connectivity index (χ3v) is 34.4. The Morgan fingerprint density at radius 3 is 1.01 bits per heavy atom. The zero-order valence-corrected chi connectivity index (χ0v) is 80.2. The van der Waals surface area contributed by atoms with Crippen LogP contribution in [0.5, 0.6) is 0 Å². The molecule has 14 heteroatoms. The van der Waals surface area contributed by atoms with Crippen LogP contribution in [0.25, 0.3) is 296 Å². The van der Waals surface area contributed by atoms with Crippen molar-refractivity contribution >= 4 is 279 Å². The summed E-state index contributed by atoms with van der Waals surface area (Å²) in [7, 11) is 0. The topological polar surface area (TPSA) is 105 Å². The van der Waals surface area contributed by atoms with Gasteiger partial charge in [-0.3, -0.25) is 13.7 Å². The zero-order chi connectivity index (χ0) is 93.7. The van der Waals surface area contributed by atoms with E-state index >= 15 is 0 Å². The molecular formula is C129H75N9OS4. The van der Waals surface area contributed by atoms with E-state index in [0.717, 1.165) is 128 Å². The standard InChI is InChI=1S/C45H29N3S.C42H23N3OS.C42H23N3S2/c1-45(2)36-17-9-7-16-33(36)41-43(45)47-44(40(46-41)29-20-22-39-35(24-29)31-15-8-10-18-38(31)49-39)48-37-25-28-13-4-3-12-27(28)23-34(37)32-21-19-26-11-5-6-14-30(26)42(32)48;1-2-11-26-23-34-32(21-25(26)10-1)30-19-17-24-9-3-4-12-28(24)40(30)45(34)41-38(43-39-31-14-5-7-15-35(31)46-42(39)44-41)27-18-20-37-33(22-27)29-13-6-8-16-36(29)47-37;1-2-11-26-23-34-32(21-25(26)10-1)30-19-17-24-9-3-4-12-28(24)40(30)45(34)41-38(43-39-31-14-6-8-16-36(31)47-42(39)44-41)27-18-20-37-33(22-27)29-13-5-7-15-35(29)46-37/h3-25H,1-2H3;2*1-23H. The first-order chi connectivity index (χ1) is 70.6. The summed E-state index contributed by atoms with van der Waals surface area (Å²) >= 11 is 7.22. The predicted octanol–water partition coefficient (Wildman–Crippen LogP) is 36.3. The van der Waals surface area contributed by atoms with E-state index in [4.69, 9.17) is 34.3 Å². The van der Waals surface area contributed by atoms with Crippen molar-refractivity contribution in [2.45, 2.75) is 19.3 Å². The van der Waals surface area contributed by atoms with Crippen LogP contribution in [-0.2, 0) is 5.41 Å². The highest BCUT2D eigenvalue weighted by Gasteiger charge is 2.40. The predicted molar refractivity (Wildman–Crippen MR) is 607 cm³/mol. The Hall–Kier alpha value is -17.5. The first-order valence-electron chi connectivity index (χ1n) is 48.3. The van der Waals surface area contributed by atoms with Crippen molar-refractivity contribution in [2.24, 2.45) is 0 Å². The Morgan fingerprint density at radius 2 is 0.559 bits per heavy atom. The van der Waals surface area contributed by atoms with Crippen LogP contribution in [0.15, 0.2) is 423 Å². The molecule has 0 saturated heterocycles. The lowest BCUT2D eigenvalue weighted by atomic mass is 9.85. The van der Waals surface area contributed by atoms with Gasteiger partial charge in [0.1, 0.15) is 38.5 Å². The van der Waals surface area contributed by atoms with Gasteiger partial charge in [-0.1, -0.05) is 323 Å². The molecule has 0 unspecified atom stereocenters. The molecule has 11 heterocycles. The van der Waals surface area contributed by atoms with Crippen LogP contribution >= 0.6 is 45.3 Å². The third-order valence-electron chi connectivity index (χ3n) is 29.9. The molecule has 33 rings (SSSR count). The van der Waals surface area contributed by atoms with Crippen LogP contribution in [-0.4, -0.2) is 43.6 Å². The fourth-order valence-electron chi connectivity index (χ4n) is 23.2. The molecule has 0 aliphatic heterocycles. The largest absolute Gasteiger partial charge is 0.436 e. The second-order valence-corrected chi connectivity index (χ2v) is 42.5. The number of furan rings is 1. The number of aromatic nitrogens is 9. The lowest BCUT2D eigenvalue weighted by Crippen LogP contribution is -2.18. The van der Waals surface area contributed by atoms with Crippen LogP contribution in [0.4, 0.5) is 0 Å². The van der Waals surface area contributed by atoms with Crippen LogP contribution in [0.3, 0.4) is 0 Å². The van der Waals surface area contributed by atoms with Gasteiger partial charge in [-0.2, -0.15) is 4.98 Å². The van der Waals surface area contributed by atoms with Crippen molar-refractivity contribution in [3.8, 4) is 62.5 Å². The fraction of sp³-hybridized carbons (Fsp3) is 0.0233. The molecule has 0 fully saturated rings. The van der Waals surface area contributed by atoms with Gasteiger partial charge >= 0.3 is 0 Å². The summed E-state index contributed by atoms with van der Waals surface area (Å²) < 4.78 is 22.4. The van der Waals surface area contributed by atoms with Crippen molar-refractivity contribution in [3.63, 3.8) is 0 Å². The van der Waals surface area contributed by atoms with Crippen molar-refractivity contribution in [1.29, 1.82) is 0 Å². The molecule has 11 aromatic heterocycles. The minimum atomic E-state index is -0.298. The minimum absolute atomic E-state index is 0.298.